The molecule has 7 nitrogen and oxygen atoms in total. The predicted octanol–water partition coefficient (Wildman–Crippen LogP) is 1.70. The summed E-state index contributed by atoms with van der Waals surface area (Å²) in [6.07, 6.45) is 0. The van der Waals surface area contributed by atoms with Gasteiger partial charge in [-0.15, -0.1) is 0 Å². The van der Waals surface area contributed by atoms with Crippen LogP contribution in [0.1, 0.15) is 13.8 Å². The topological polar surface area (TPSA) is 65.1 Å². The maximum absolute atomic E-state index is 12.9. The van der Waals surface area contributed by atoms with Gasteiger partial charge in [0.05, 0.1) is 0 Å². The summed E-state index contributed by atoms with van der Waals surface area (Å²) in [5, 5.41) is 0. The van der Waals surface area contributed by atoms with E-state index in [0.717, 1.165) is 18.2 Å². The second-order valence-electron chi connectivity index (χ2n) is 6.64. The first-order valence-electron chi connectivity index (χ1n) is 8.55. The van der Waals surface area contributed by atoms with Crippen molar-refractivity contribution in [2.75, 3.05) is 11.4 Å². The summed E-state index contributed by atoms with van der Waals surface area (Å²) in [4.78, 5) is 32.1. The van der Waals surface area contributed by atoms with Crippen LogP contribution in [-0.2, 0) is 20.1 Å². The smallest absolute Gasteiger partial charge is 0.312 e. The molecule has 1 aromatic carbocycles. The minimum atomic E-state index is -0.324. The third kappa shape index (κ3) is 2.22. The number of aryl methyl sites for hydroxylation is 1. The van der Waals surface area contributed by atoms with Crippen LogP contribution in [0.5, 0.6) is 0 Å². The lowest BCUT2D eigenvalue weighted by Crippen LogP contribution is -2.40. The molecular formula is C18H21N5O2. The van der Waals surface area contributed by atoms with E-state index in [1.807, 2.05) is 34.9 Å². The van der Waals surface area contributed by atoms with Crippen LogP contribution in [0.3, 0.4) is 0 Å². The molecule has 2 aromatic heterocycles. The van der Waals surface area contributed by atoms with E-state index in [1.165, 1.54) is 9.13 Å². The molecule has 1 aliphatic heterocycles. The van der Waals surface area contributed by atoms with Gasteiger partial charge in [-0.2, -0.15) is 4.98 Å². The number of para-hydroxylation sites is 1. The van der Waals surface area contributed by atoms with Gasteiger partial charge in [0.2, 0.25) is 5.95 Å². The molecule has 7 heteroatoms. The summed E-state index contributed by atoms with van der Waals surface area (Å²) in [5.74, 6) is 1.08. The molecule has 4 rings (SSSR count). The molecule has 0 radical (unpaired) electrons. The van der Waals surface area contributed by atoms with Crippen LogP contribution in [0.4, 0.5) is 11.6 Å². The highest BCUT2D eigenvalue weighted by Gasteiger charge is 2.29. The van der Waals surface area contributed by atoms with Gasteiger partial charge in [-0.1, -0.05) is 25.1 Å². The molecule has 3 aromatic rings. The van der Waals surface area contributed by atoms with Crippen molar-refractivity contribution < 1.29 is 0 Å². The standard InChI is InChI=1S/C18H21N5O2/c1-4-21-16(24)14-15(20(3)18(21)25)19-17-22(10-12(2)11-23(14)17)13-8-6-5-7-9-13/h5-9,12H,4,10-11H2,1-3H3. The highest BCUT2D eigenvalue weighted by atomic mass is 16.2. The number of hydrogen-bond acceptors (Lipinski definition) is 4. The van der Waals surface area contributed by atoms with Gasteiger partial charge < -0.3 is 9.47 Å². The minimum absolute atomic E-state index is 0.263. The fourth-order valence-electron chi connectivity index (χ4n) is 3.61. The fourth-order valence-corrected chi connectivity index (χ4v) is 3.61. The quantitative estimate of drug-likeness (QED) is 0.713. The van der Waals surface area contributed by atoms with Gasteiger partial charge in [-0.25, -0.2) is 4.79 Å². The van der Waals surface area contributed by atoms with Gasteiger partial charge in [0.15, 0.2) is 11.2 Å². The second kappa shape index (κ2) is 5.61. The number of aromatic nitrogens is 4. The number of anilines is 2. The number of benzene rings is 1. The third-order valence-corrected chi connectivity index (χ3v) is 4.83. The van der Waals surface area contributed by atoms with Crippen molar-refractivity contribution in [3.05, 3.63) is 51.2 Å². The Morgan fingerprint density at radius 1 is 1.16 bits per heavy atom. The Morgan fingerprint density at radius 2 is 1.88 bits per heavy atom. The lowest BCUT2D eigenvalue weighted by Gasteiger charge is -2.32. The first-order chi connectivity index (χ1) is 12.0. The Morgan fingerprint density at radius 3 is 2.56 bits per heavy atom. The lowest BCUT2D eigenvalue weighted by atomic mass is 10.1. The number of fused-ring (bicyclic) bond motifs is 3. The van der Waals surface area contributed by atoms with E-state index in [4.69, 9.17) is 0 Å². The van der Waals surface area contributed by atoms with E-state index in [2.05, 4.69) is 16.8 Å². The number of imidazole rings is 1. The van der Waals surface area contributed by atoms with Gasteiger partial charge in [0, 0.05) is 32.4 Å². The van der Waals surface area contributed by atoms with Crippen molar-refractivity contribution in [1.82, 2.24) is 18.7 Å². The normalized spacial score (nSPS) is 17.1. The maximum atomic E-state index is 12.9. The zero-order chi connectivity index (χ0) is 17.7. The Kier molecular flexibility index (Phi) is 3.52. The monoisotopic (exact) mass is 339 g/mol. The molecule has 0 bridgehead atoms. The molecule has 0 saturated carbocycles. The van der Waals surface area contributed by atoms with Crippen molar-refractivity contribution in [3.63, 3.8) is 0 Å². The molecule has 1 aliphatic rings. The fraction of sp³-hybridized carbons (Fsp3) is 0.389. The van der Waals surface area contributed by atoms with E-state index < -0.39 is 0 Å². The first kappa shape index (κ1) is 15.7. The van der Waals surface area contributed by atoms with Crippen molar-refractivity contribution in [3.8, 4) is 0 Å². The Labute approximate surface area is 144 Å². The summed E-state index contributed by atoms with van der Waals surface area (Å²) in [7, 11) is 1.67. The highest BCUT2D eigenvalue weighted by molar-refractivity contribution is 5.77. The molecule has 0 saturated heterocycles. The van der Waals surface area contributed by atoms with Crippen LogP contribution in [0.2, 0.25) is 0 Å². The molecule has 0 fully saturated rings. The van der Waals surface area contributed by atoms with Crippen LogP contribution in [0.15, 0.2) is 39.9 Å². The van der Waals surface area contributed by atoms with Crippen molar-refractivity contribution in [1.29, 1.82) is 0 Å². The molecule has 0 N–H and O–H groups in total. The van der Waals surface area contributed by atoms with Crippen LogP contribution in [0.25, 0.3) is 11.2 Å². The second-order valence-corrected chi connectivity index (χ2v) is 6.64. The van der Waals surface area contributed by atoms with E-state index in [9.17, 15) is 9.59 Å². The van der Waals surface area contributed by atoms with Gasteiger partial charge in [0.1, 0.15) is 0 Å². The average molecular weight is 339 g/mol. The van der Waals surface area contributed by atoms with Crippen LogP contribution in [-0.4, -0.2) is 25.2 Å². The molecular weight excluding hydrogens is 318 g/mol. The number of nitrogens with zero attached hydrogens (tertiary/aromatic N) is 5. The van der Waals surface area contributed by atoms with Crippen LogP contribution in [0, 0.1) is 5.92 Å². The summed E-state index contributed by atoms with van der Waals surface area (Å²) < 4.78 is 4.70. The van der Waals surface area contributed by atoms with Crippen molar-refractivity contribution >= 4 is 22.8 Å². The Balaban J connectivity index is 2.06. The Bertz CT molecular complexity index is 1060. The number of rotatable bonds is 2. The van der Waals surface area contributed by atoms with Gasteiger partial charge in [-0.3, -0.25) is 13.9 Å². The zero-order valence-corrected chi connectivity index (χ0v) is 14.6. The van der Waals surface area contributed by atoms with Crippen molar-refractivity contribution in [2.24, 2.45) is 13.0 Å². The molecule has 1 atom stereocenters. The average Bonchev–Trinajstić information content (AvgIpc) is 3.00. The first-order valence-corrected chi connectivity index (χ1v) is 8.55. The van der Waals surface area contributed by atoms with Crippen molar-refractivity contribution in [2.45, 2.75) is 26.9 Å². The summed E-state index contributed by atoms with van der Waals surface area (Å²) >= 11 is 0. The van der Waals surface area contributed by atoms with Gasteiger partial charge in [0.25, 0.3) is 5.56 Å². The minimum Gasteiger partial charge on any atom is -0.312 e. The van der Waals surface area contributed by atoms with Crippen LogP contribution < -0.4 is 16.1 Å². The third-order valence-electron chi connectivity index (χ3n) is 4.83. The number of hydrogen-bond donors (Lipinski definition) is 0. The molecule has 0 aliphatic carbocycles. The van der Waals surface area contributed by atoms with Gasteiger partial charge in [-0.05, 0) is 25.0 Å². The van der Waals surface area contributed by atoms with Crippen LogP contribution >= 0.6 is 0 Å². The van der Waals surface area contributed by atoms with E-state index in [-0.39, 0.29) is 11.2 Å². The van der Waals surface area contributed by atoms with E-state index >= 15 is 0 Å². The summed E-state index contributed by atoms with van der Waals surface area (Å²) in [5.41, 5.74) is 1.40. The predicted molar refractivity (Wildman–Crippen MR) is 97.5 cm³/mol. The maximum Gasteiger partial charge on any atom is 0.332 e. The SMILES string of the molecule is CCn1c(=O)c2c(nc3n2CC(C)CN3c2ccccc2)n(C)c1=O. The molecule has 130 valence electrons. The largest absolute Gasteiger partial charge is 0.332 e. The molecule has 25 heavy (non-hydrogen) atoms. The summed E-state index contributed by atoms with van der Waals surface area (Å²) in [6.45, 7) is 5.85. The molecule has 0 spiro atoms. The summed E-state index contributed by atoms with van der Waals surface area (Å²) in [6, 6.07) is 10.0. The molecule has 1 unspecified atom stereocenters. The Hall–Kier alpha value is -2.83. The zero-order valence-electron chi connectivity index (χ0n) is 14.6. The van der Waals surface area contributed by atoms with Gasteiger partial charge >= 0.3 is 5.69 Å². The van der Waals surface area contributed by atoms with E-state index in [1.54, 1.807) is 14.0 Å². The molecule has 3 heterocycles. The lowest BCUT2D eigenvalue weighted by molar-refractivity contribution is 0.458. The molecule has 0 amide bonds. The van der Waals surface area contributed by atoms with E-state index in [0.29, 0.717) is 30.2 Å². The highest BCUT2D eigenvalue weighted by Crippen LogP contribution is 2.32.